The largest absolute Gasteiger partial charge is 0.544 e. The second-order valence-corrected chi connectivity index (χ2v) is 2.30. The molecule has 0 unspecified atom stereocenters. The van der Waals surface area contributed by atoms with Gasteiger partial charge >= 0.3 is 0 Å². The smallest absolute Gasteiger partial charge is 0.124 e. The molecule has 0 saturated heterocycles. The van der Waals surface area contributed by atoms with Crippen molar-refractivity contribution in [1.82, 2.24) is 0 Å². The molecule has 7 N–H and O–H groups in total. The van der Waals surface area contributed by atoms with Crippen LogP contribution >= 0.6 is 0 Å². The van der Waals surface area contributed by atoms with Crippen molar-refractivity contribution in [2.24, 2.45) is 5.73 Å². The van der Waals surface area contributed by atoms with Gasteiger partial charge in [0.25, 0.3) is 0 Å². The van der Waals surface area contributed by atoms with Crippen molar-refractivity contribution >= 4 is 5.97 Å². The maximum Gasteiger partial charge on any atom is 0.124 e. The zero-order valence-corrected chi connectivity index (χ0v) is 6.51. The highest BCUT2D eigenvalue weighted by atomic mass is 16.4. The number of carbonyl (C=O) groups is 1. The van der Waals surface area contributed by atoms with E-state index in [0.29, 0.717) is 13.0 Å². The van der Waals surface area contributed by atoms with Crippen molar-refractivity contribution in [1.29, 1.82) is 0 Å². The SMILES string of the molecule is NCCCC[C@H]([NH3+])C(=O)[O-].O. The molecule has 0 rings (SSSR count). The van der Waals surface area contributed by atoms with Crippen LogP contribution in [0, 0.1) is 0 Å². The third kappa shape index (κ3) is 7.24. The summed E-state index contributed by atoms with van der Waals surface area (Å²) in [4.78, 5) is 10.1. The lowest BCUT2D eigenvalue weighted by molar-refractivity contribution is -0.438. The predicted octanol–water partition coefficient (Wildman–Crippen LogP) is -3.35. The van der Waals surface area contributed by atoms with E-state index in [2.05, 4.69) is 5.73 Å². The number of carboxylic acids is 1. The van der Waals surface area contributed by atoms with Crippen LogP contribution in [0.1, 0.15) is 19.3 Å². The van der Waals surface area contributed by atoms with E-state index in [9.17, 15) is 9.90 Å². The molecular weight excluding hydrogens is 148 g/mol. The molecule has 0 amide bonds. The van der Waals surface area contributed by atoms with Crippen LogP contribution in [0.25, 0.3) is 0 Å². The molecule has 0 aliphatic rings. The molecule has 0 aliphatic heterocycles. The normalized spacial score (nSPS) is 11.8. The van der Waals surface area contributed by atoms with Gasteiger partial charge in [0.1, 0.15) is 6.04 Å². The Morgan fingerprint density at radius 1 is 1.55 bits per heavy atom. The summed E-state index contributed by atoms with van der Waals surface area (Å²) in [6, 6.07) is -0.577. The van der Waals surface area contributed by atoms with Gasteiger partial charge in [-0.3, -0.25) is 0 Å². The Kier molecular flexibility index (Phi) is 8.80. The van der Waals surface area contributed by atoms with Gasteiger partial charge in [0, 0.05) is 6.42 Å². The van der Waals surface area contributed by atoms with Crippen molar-refractivity contribution in [3.05, 3.63) is 0 Å². The lowest BCUT2D eigenvalue weighted by Crippen LogP contribution is -2.68. The molecule has 0 aliphatic carbocycles. The van der Waals surface area contributed by atoms with E-state index >= 15 is 0 Å². The number of carbonyl (C=O) groups excluding carboxylic acids is 1. The van der Waals surface area contributed by atoms with Gasteiger partial charge in [-0.2, -0.15) is 0 Å². The number of rotatable bonds is 5. The summed E-state index contributed by atoms with van der Waals surface area (Å²) < 4.78 is 0. The average Bonchev–Trinajstić information content (AvgIpc) is 1.88. The van der Waals surface area contributed by atoms with Crippen LogP contribution < -0.4 is 16.6 Å². The molecule has 0 fully saturated rings. The van der Waals surface area contributed by atoms with E-state index in [1.807, 2.05) is 0 Å². The highest BCUT2D eigenvalue weighted by Gasteiger charge is 2.04. The minimum atomic E-state index is -1.07. The lowest BCUT2D eigenvalue weighted by Gasteiger charge is -2.07. The first-order valence-electron chi connectivity index (χ1n) is 3.42. The molecule has 0 heterocycles. The van der Waals surface area contributed by atoms with Crippen LogP contribution in [-0.2, 0) is 4.79 Å². The standard InChI is InChI=1S/C6H14N2O2.H2O/c7-4-2-1-3-5(8)6(9)10;/h5H,1-4,7-8H2,(H,9,10);1H2/t5-;/m0./s1. The Morgan fingerprint density at radius 3 is 2.45 bits per heavy atom. The second kappa shape index (κ2) is 7.46. The molecule has 5 nitrogen and oxygen atoms in total. The first-order chi connectivity index (χ1) is 4.68. The maximum atomic E-state index is 10.1. The number of aliphatic carboxylic acids is 1. The first kappa shape index (κ1) is 13.0. The third-order valence-electron chi connectivity index (χ3n) is 1.34. The number of quaternary nitrogens is 1. The molecule has 5 heteroatoms. The molecular formula is C6H16N2O3. The summed E-state index contributed by atoms with van der Waals surface area (Å²) in [6.45, 7) is 0.611. The van der Waals surface area contributed by atoms with E-state index in [0.717, 1.165) is 12.8 Å². The van der Waals surface area contributed by atoms with Crippen LogP contribution in [0.5, 0.6) is 0 Å². The van der Waals surface area contributed by atoms with Crippen molar-refractivity contribution < 1.29 is 21.1 Å². The Balaban J connectivity index is 0. The van der Waals surface area contributed by atoms with Crippen molar-refractivity contribution in [2.75, 3.05) is 6.54 Å². The summed E-state index contributed by atoms with van der Waals surface area (Å²) in [5.41, 5.74) is 8.61. The predicted molar refractivity (Wildman–Crippen MR) is 38.2 cm³/mol. The summed E-state index contributed by atoms with van der Waals surface area (Å²) >= 11 is 0. The molecule has 0 aromatic carbocycles. The van der Waals surface area contributed by atoms with Gasteiger partial charge < -0.3 is 26.8 Å². The molecule has 0 radical (unpaired) electrons. The zero-order chi connectivity index (χ0) is 7.98. The molecule has 68 valence electrons. The summed E-state index contributed by atoms with van der Waals surface area (Å²) in [7, 11) is 0. The van der Waals surface area contributed by atoms with E-state index in [1.165, 1.54) is 0 Å². The second-order valence-electron chi connectivity index (χ2n) is 2.30. The molecule has 1 atom stereocenters. The quantitative estimate of drug-likeness (QED) is 0.412. The van der Waals surface area contributed by atoms with E-state index < -0.39 is 12.0 Å². The van der Waals surface area contributed by atoms with Gasteiger partial charge in [-0.25, -0.2) is 0 Å². The van der Waals surface area contributed by atoms with Crippen LogP contribution in [-0.4, -0.2) is 24.0 Å². The Hall–Kier alpha value is -0.650. The average molecular weight is 164 g/mol. The van der Waals surface area contributed by atoms with E-state index in [1.54, 1.807) is 0 Å². The van der Waals surface area contributed by atoms with Crippen LogP contribution in [0.2, 0.25) is 0 Å². The van der Waals surface area contributed by atoms with E-state index in [-0.39, 0.29) is 5.48 Å². The lowest BCUT2D eigenvalue weighted by atomic mass is 10.1. The highest BCUT2D eigenvalue weighted by molar-refractivity contribution is 5.68. The van der Waals surface area contributed by atoms with Gasteiger partial charge in [-0.1, -0.05) is 0 Å². The molecule has 0 bridgehead atoms. The maximum absolute atomic E-state index is 10.1. The Morgan fingerprint density at radius 2 is 2.09 bits per heavy atom. The number of unbranched alkanes of at least 4 members (excludes halogenated alkanes) is 1. The van der Waals surface area contributed by atoms with Crippen molar-refractivity contribution in [2.45, 2.75) is 25.3 Å². The van der Waals surface area contributed by atoms with Gasteiger partial charge in [-0.05, 0) is 19.4 Å². The number of hydrogen-bond acceptors (Lipinski definition) is 3. The number of hydrogen-bond donors (Lipinski definition) is 2. The monoisotopic (exact) mass is 164 g/mol. The minimum Gasteiger partial charge on any atom is -0.544 e. The van der Waals surface area contributed by atoms with Gasteiger partial charge in [0.15, 0.2) is 0 Å². The summed E-state index contributed by atoms with van der Waals surface area (Å²) in [5.74, 6) is -1.07. The van der Waals surface area contributed by atoms with Crippen LogP contribution in [0.15, 0.2) is 0 Å². The topological polar surface area (TPSA) is 125 Å². The number of carboxylic acid groups (broad SMARTS) is 1. The number of nitrogens with two attached hydrogens (primary N) is 1. The molecule has 0 aromatic rings. The van der Waals surface area contributed by atoms with Crippen LogP contribution in [0.3, 0.4) is 0 Å². The Labute approximate surface area is 65.7 Å². The fourth-order valence-electron chi connectivity index (χ4n) is 0.653. The first-order valence-corrected chi connectivity index (χ1v) is 3.42. The minimum absolute atomic E-state index is 0. The van der Waals surface area contributed by atoms with E-state index in [4.69, 9.17) is 5.73 Å². The Bertz CT molecular complexity index is 108. The fourth-order valence-corrected chi connectivity index (χ4v) is 0.653. The molecule has 0 saturated carbocycles. The summed E-state index contributed by atoms with van der Waals surface area (Å²) in [5, 5.41) is 10.1. The van der Waals surface area contributed by atoms with Gasteiger partial charge in [0.2, 0.25) is 0 Å². The zero-order valence-electron chi connectivity index (χ0n) is 6.51. The van der Waals surface area contributed by atoms with Crippen molar-refractivity contribution in [3.63, 3.8) is 0 Å². The molecule has 0 aromatic heterocycles. The van der Waals surface area contributed by atoms with Crippen LogP contribution in [0.4, 0.5) is 0 Å². The third-order valence-corrected chi connectivity index (χ3v) is 1.34. The molecule has 0 spiro atoms. The molecule has 11 heavy (non-hydrogen) atoms. The van der Waals surface area contributed by atoms with Crippen molar-refractivity contribution in [3.8, 4) is 0 Å². The fraction of sp³-hybridized carbons (Fsp3) is 0.833. The highest BCUT2D eigenvalue weighted by Crippen LogP contribution is 1.94. The van der Waals surface area contributed by atoms with Gasteiger partial charge in [0.05, 0.1) is 5.97 Å². The van der Waals surface area contributed by atoms with Gasteiger partial charge in [-0.15, -0.1) is 0 Å². The summed E-state index contributed by atoms with van der Waals surface area (Å²) in [6.07, 6.45) is 2.25.